The number of hydrogen-bond acceptors (Lipinski definition) is 3. The first-order chi connectivity index (χ1) is 10.1. The van der Waals surface area contributed by atoms with E-state index in [4.69, 9.17) is 26.2 Å². The Hall–Kier alpha value is -2.20. The highest BCUT2D eigenvalue weighted by Crippen LogP contribution is 2.22. The third-order valence-corrected chi connectivity index (χ3v) is 3.08. The summed E-state index contributed by atoms with van der Waals surface area (Å²) in [6, 6.07) is 11.8. The van der Waals surface area contributed by atoms with Gasteiger partial charge < -0.3 is 14.6 Å². The summed E-state index contributed by atoms with van der Waals surface area (Å²) in [7, 11) is 0. The van der Waals surface area contributed by atoms with Gasteiger partial charge in [0.1, 0.15) is 24.7 Å². The molecule has 0 bridgehead atoms. The van der Waals surface area contributed by atoms with E-state index in [-0.39, 0.29) is 5.56 Å². The molecule has 0 aliphatic rings. The van der Waals surface area contributed by atoms with Crippen molar-refractivity contribution in [2.24, 2.45) is 0 Å². The van der Waals surface area contributed by atoms with Gasteiger partial charge in [0.15, 0.2) is 0 Å². The fourth-order valence-corrected chi connectivity index (χ4v) is 1.92. The predicted octanol–water partition coefficient (Wildman–Crippen LogP) is 3.80. The van der Waals surface area contributed by atoms with E-state index in [1.54, 1.807) is 24.3 Å². The maximum atomic E-state index is 10.8. The predicted molar refractivity (Wildman–Crippen MR) is 80.6 cm³/mol. The quantitative estimate of drug-likeness (QED) is 0.825. The van der Waals surface area contributed by atoms with Gasteiger partial charge in [0, 0.05) is 5.02 Å². The first kappa shape index (κ1) is 15.2. The first-order valence-electron chi connectivity index (χ1n) is 6.41. The van der Waals surface area contributed by atoms with E-state index >= 15 is 0 Å². The lowest BCUT2D eigenvalue weighted by Crippen LogP contribution is -2.10. The van der Waals surface area contributed by atoms with Crippen molar-refractivity contribution in [2.45, 2.75) is 6.92 Å². The molecule has 4 nitrogen and oxygen atoms in total. The van der Waals surface area contributed by atoms with Crippen LogP contribution in [0, 0.1) is 6.92 Å². The Kier molecular flexibility index (Phi) is 5.06. The minimum absolute atomic E-state index is 0.194. The highest BCUT2D eigenvalue weighted by Gasteiger charge is 2.04. The van der Waals surface area contributed by atoms with Gasteiger partial charge in [-0.15, -0.1) is 0 Å². The number of hydrogen-bond donors (Lipinski definition) is 1. The standard InChI is InChI=1S/C16H15ClO4/c1-11-5-6-13(17)10-15(11)21-8-7-20-14-4-2-3-12(9-14)16(18)19/h2-6,9-10H,7-8H2,1H3,(H,18,19). The molecule has 0 saturated carbocycles. The molecule has 110 valence electrons. The van der Waals surface area contributed by atoms with Crippen LogP contribution in [0.1, 0.15) is 15.9 Å². The van der Waals surface area contributed by atoms with Crippen molar-refractivity contribution in [3.05, 3.63) is 58.6 Å². The van der Waals surface area contributed by atoms with Gasteiger partial charge in [0.25, 0.3) is 0 Å². The van der Waals surface area contributed by atoms with E-state index < -0.39 is 5.97 Å². The lowest BCUT2D eigenvalue weighted by Gasteiger charge is -2.11. The molecule has 0 aliphatic carbocycles. The van der Waals surface area contributed by atoms with Crippen molar-refractivity contribution in [3.63, 3.8) is 0 Å². The summed E-state index contributed by atoms with van der Waals surface area (Å²) in [4.78, 5) is 10.8. The van der Waals surface area contributed by atoms with Crippen LogP contribution in [0.5, 0.6) is 11.5 Å². The molecular formula is C16H15ClO4. The Morgan fingerprint density at radius 1 is 1.14 bits per heavy atom. The third kappa shape index (κ3) is 4.39. The van der Waals surface area contributed by atoms with Crippen molar-refractivity contribution in [1.29, 1.82) is 0 Å². The summed E-state index contributed by atoms with van der Waals surface area (Å²) in [6.07, 6.45) is 0. The zero-order chi connectivity index (χ0) is 15.2. The van der Waals surface area contributed by atoms with Crippen molar-refractivity contribution in [2.75, 3.05) is 13.2 Å². The van der Waals surface area contributed by atoms with E-state index in [2.05, 4.69) is 0 Å². The number of aryl methyl sites for hydroxylation is 1. The van der Waals surface area contributed by atoms with E-state index in [9.17, 15) is 4.79 Å². The molecule has 2 aromatic rings. The van der Waals surface area contributed by atoms with E-state index in [0.717, 1.165) is 5.56 Å². The molecule has 0 amide bonds. The van der Waals surface area contributed by atoms with Crippen molar-refractivity contribution >= 4 is 17.6 Å². The van der Waals surface area contributed by atoms with Crippen LogP contribution in [0.15, 0.2) is 42.5 Å². The second-order valence-electron chi connectivity index (χ2n) is 4.44. The monoisotopic (exact) mass is 306 g/mol. The van der Waals surface area contributed by atoms with E-state index in [0.29, 0.717) is 29.7 Å². The molecule has 21 heavy (non-hydrogen) atoms. The number of carboxylic acids is 1. The SMILES string of the molecule is Cc1ccc(Cl)cc1OCCOc1cccc(C(=O)O)c1. The Morgan fingerprint density at radius 3 is 2.67 bits per heavy atom. The van der Waals surface area contributed by atoms with Crippen LogP contribution in [-0.2, 0) is 0 Å². The molecule has 5 heteroatoms. The highest BCUT2D eigenvalue weighted by molar-refractivity contribution is 6.30. The Morgan fingerprint density at radius 2 is 1.90 bits per heavy atom. The summed E-state index contributed by atoms with van der Waals surface area (Å²) in [6.45, 7) is 2.59. The second kappa shape index (κ2) is 6.99. The van der Waals surface area contributed by atoms with Crippen LogP contribution >= 0.6 is 11.6 Å². The van der Waals surface area contributed by atoms with Crippen molar-refractivity contribution < 1.29 is 19.4 Å². The zero-order valence-corrected chi connectivity index (χ0v) is 12.3. The number of aromatic carboxylic acids is 1. The number of carboxylic acid groups (broad SMARTS) is 1. The molecule has 1 N–H and O–H groups in total. The maximum Gasteiger partial charge on any atom is 0.335 e. The molecular weight excluding hydrogens is 292 g/mol. The van der Waals surface area contributed by atoms with Crippen LogP contribution in [-0.4, -0.2) is 24.3 Å². The van der Waals surface area contributed by atoms with Gasteiger partial charge in [-0.2, -0.15) is 0 Å². The van der Waals surface area contributed by atoms with Gasteiger partial charge in [0.05, 0.1) is 5.56 Å². The minimum Gasteiger partial charge on any atom is -0.490 e. The van der Waals surface area contributed by atoms with E-state index in [1.807, 2.05) is 13.0 Å². The van der Waals surface area contributed by atoms with Crippen LogP contribution in [0.2, 0.25) is 5.02 Å². The number of benzene rings is 2. The number of carbonyl (C=O) groups is 1. The molecule has 2 rings (SSSR count). The van der Waals surface area contributed by atoms with Crippen LogP contribution in [0.3, 0.4) is 0 Å². The lowest BCUT2D eigenvalue weighted by atomic mass is 10.2. The smallest absolute Gasteiger partial charge is 0.335 e. The molecule has 0 heterocycles. The average Bonchev–Trinajstić information content (AvgIpc) is 2.47. The Labute approximate surface area is 127 Å². The van der Waals surface area contributed by atoms with Gasteiger partial charge >= 0.3 is 5.97 Å². The van der Waals surface area contributed by atoms with Crippen LogP contribution in [0.25, 0.3) is 0 Å². The largest absolute Gasteiger partial charge is 0.490 e. The number of rotatable bonds is 6. The van der Waals surface area contributed by atoms with Crippen LogP contribution in [0.4, 0.5) is 0 Å². The summed E-state index contributed by atoms with van der Waals surface area (Å²) in [5.74, 6) is 0.234. The van der Waals surface area contributed by atoms with Gasteiger partial charge in [0.2, 0.25) is 0 Å². The lowest BCUT2D eigenvalue weighted by molar-refractivity contribution is 0.0696. The van der Waals surface area contributed by atoms with Gasteiger partial charge in [-0.25, -0.2) is 4.79 Å². The molecule has 0 spiro atoms. The van der Waals surface area contributed by atoms with Gasteiger partial charge in [-0.3, -0.25) is 0 Å². The molecule has 0 aromatic heterocycles. The van der Waals surface area contributed by atoms with Gasteiger partial charge in [-0.1, -0.05) is 23.7 Å². The summed E-state index contributed by atoms with van der Waals surface area (Å²) in [5, 5.41) is 9.51. The van der Waals surface area contributed by atoms with Gasteiger partial charge in [-0.05, 0) is 42.8 Å². The molecule has 0 fully saturated rings. The maximum absolute atomic E-state index is 10.8. The zero-order valence-electron chi connectivity index (χ0n) is 11.5. The molecule has 0 unspecified atom stereocenters. The Balaban J connectivity index is 1.86. The second-order valence-corrected chi connectivity index (χ2v) is 4.88. The fraction of sp³-hybridized carbons (Fsp3) is 0.188. The molecule has 2 aromatic carbocycles. The number of ether oxygens (including phenoxy) is 2. The van der Waals surface area contributed by atoms with Crippen LogP contribution < -0.4 is 9.47 Å². The highest BCUT2D eigenvalue weighted by atomic mass is 35.5. The van der Waals surface area contributed by atoms with E-state index in [1.165, 1.54) is 12.1 Å². The average molecular weight is 307 g/mol. The normalized spacial score (nSPS) is 10.2. The molecule has 0 aliphatic heterocycles. The van der Waals surface area contributed by atoms with Crippen molar-refractivity contribution in [1.82, 2.24) is 0 Å². The third-order valence-electron chi connectivity index (χ3n) is 2.84. The summed E-state index contributed by atoms with van der Waals surface area (Å²) < 4.78 is 11.1. The summed E-state index contributed by atoms with van der Waals surface area (Å²) in [5.41, 5.74) is 1.19. The molecule has 0 saturated heterocycles. The first-order valence-corrected chi connectivity index (χ1v) is 6.79. The molecule has 0 radical (unpaired) electrons. The fourth-order valence-electron chi connectivity index (χ4n) is 1.76. The number of halogens is 1. The topological polar surface area (TPSA) is 55.8 Å². The summed E-state index contributed by atoms with van der Waals surface area (Å²) >= 11 is 5.91. The minimum atomic E-state index is -0.980. The van der Waals surface area contributed by atoms with Crippen molar-refractivity contribution in [3.8, 4) is 11.5 Å². The Bertz CT molecular complexity index is 640. The molecule has 0 atom stereocenters.